The normalized spacial score (nSPS) is 25.6. The number of hydrogen-bond acceptors (Lipinski definition) is 9. The second-order valence-corrected chi connectivity index (χ2v) is 10.4. The predicted molar refractivity (Wildman–Crippen MR) is 144 cm³/mol. The van der Waals surface area contributed by atoms with Crippen molar-refractivity contribution in [2.45, 2.75) is 31.4 Å². The average molecular weight is 544 g/mol. The van der Waals surface area contributed by atoms with Crippen molar-refractivity contribution < 1.29 is 28.5 Å². The minimum Gasteiger partial charge on any atom is -0.481 e. The molecule has 40 heavy (non-hydrogen) atoms. The molecular weight excluding hydrogens is 514 g/mol. The van der Waals surface area contributed by atoms with Crippen LogP contribution in [0.3, 0.4) is 0 Å². The van der Waals surface area contributed by atoms with Crippen molar-refractivity contribution in [1.29, 1.82) is 0 Å². The van der Waals surface area contributed by atoms with Crippen molar-refractivity contribution in [2.75, 3.05) is 38.2 Å². The Bertz CT molecular complexity index is 1500. The summed E-state index contributed by atoms with van der Waals surface area (Å²) in [7, 11) is 1.60. The van der Waals surface area contributed by atoms with Gasteiger partial charge in [-0.3, -0.25) is 9.78 Å². The van der Waals surface area contributed by atoms with Crippen molar-refractivity contribution >= 4 is 28.7 Å². The van der Waals surface area contributed by atoms with Gasteiger partial charge in [-0.1, -0.05) is 18.2 Å². The first-order valence-electron chi connectivity index (χ1n) is 13.5. The van der Waals surface area contributed by atoms with Crippen LogP contribution in [0.2, 0.25) is 0 Å². The van der Waals surface area contributed by atoms with Gasteiger partial charge in [-0.2, -0.15) is 0 Å². The Morgan fingerprint density at radius 2 is 2.08 bits per heavy atom. The molecule has 0 spiro atoms. The van der Waals surface area contributed by atoms with Crippen LogP contribution < -0.4 is 9.64 Å². The fourth-order valence-electron chi connectivity index (χ4n) is 6.14. The first kappa shape index (κ1) is 24.5. The summed E-state index contributed by atoms with van der Waals surface area (Å²) in [6.07, 6.45) is 11.8. The van der Waals surface area contributed by atoms with Crippen LogP contribution in [0.1, 0.15) is 19.3 Å². The Balaban J connectivity index is 1.03. The molecule has 4 aliphatic heterocycles. The molecule has 6 heterocycles. The van der Waals surface area contributed by atoms with Crippen molar-refractivity contribution in [3.05, 3.63) is 72.4 Å². The first-order valence-corrected chi connectivity index (χ1v) is 13.5. The monoisotopic (exact) mass is 543 g/mol. The lowest BCUT2D eigenvalue weighted by Gasteiger charge is -2.28. The number of likely N-dealkylation sites (tertiary alicyclic amines) is 1. The molecule has 2 amide bonds. The van der Waals surface area contributed by atoms with Crippen molar-refractivity contribution in [1.82, 2.24) is 19.8 Å². The molecule has 1 aliphatic carbocycles. The van der Waals surface area contributed by atoms with Crippen LogP contribution in [-0.4, -0.2) is 77.2 Å². The number of carbonyl (C=O) groups is 2. The van der Waals surface area contributed by atoms with E-state index in [1.165, 1.54) is 17.4 Å². The zero-order chi connectivity index (χ0) is 27.2. The van der Waals surface area contributed by atoms with E-state index >= 15 is 0 Å². The third-order valence-corrected chi connectivity index (χ3v) is 8.16. The molecule has 0 unspecified atom stereocenters. The van der Waals surface area contributed by atoms with Crippen LogP contribution in [0.25, 0.3) is 11.0 Å². The van der Waals surface area contributed by atoms with E-state index in [0.29, 0.717) is 30.6 Å². The van der Waals surface area contributed by atoms with E-state index in [1.807, 2.05) is 29.2 Å². The third kappa shape index (κ3) is 4.21. The van der Waals surface area contributed by atoms with Crippen molar-refractivity contribution in [3.8, 4) is 5.88 Å². The fraction of sp³-hybridized carbons (Fsp3) is 0.379. The van der Waals surface area contributed by atoms with E-state index in [0.717, 1.165) is 48.1 Å². The van der Waals surface area contributed by atoms with Gasteiger partial charge in [0.25, 0.3) is 5.91 Å². The van der Waals surface area contributed by atoms with E-state index in [9.17, 15) is 9.59 Å². The van der Waals surface area contributed by atoms with Crippen LogP contribution in [0, 0.1) is 5.92 Å². The van der Waals surface area contributed by atoms with Gasteiger partial charge in [0.2, 0.25) is 11.8 Å². The highest BCUT2D eigenvalue weighted by Crippen LogP contribution is 2.38. The Hall–Kier alpha value is -4.54. The van der Waals surface area contributed by atoms with Gasteiger partial charge in [0, 0.05) is 37.8 Å². The maximum absolute atomic E-state index is 13.5. The summed E-state index contributed by atoms with van der Waals surface area (Å²) in [6, 6.07) is 5.82. The Kier molecular flexibility index (Phi) is 6.06. The van der Waals surface area contributed by atoms with E-state index in [2.05, 4.69) is 20.9 Å². The molecule has 3 saturated heterocycles. The van der Waals surface area contributed by atoms with E-state index < -0.39 is 12.2 Å². The standard InChI is InChI=1S/C29H29N5O6/c1-37-25-8-7-20-27(31-25)21(9-11-30-20)33-12-10-19-13-32(14-22(19)33)28(35)23-15-34(29(36)40-23)26-17-38-16-24(39-26)18-5-3-2-4-6-18/h2-3,5,7-9,11,16-17,19,22-23H,4,6,10,12-15H2,1H3/t19-,22+,23-/m0/s1. The highest BCUT2D eigenvalue weighted by Gasteiger charge is 2.48. The van der Waals surface area contributed by atoms with Gasteiger partial charge in [-0.05, 0) is 37.0 Å². The number of nitrogens with zero attached hydrogens (tertiary/aromatic N) is 5. The van der Waals surface area contributed by atoms with Gasteiger partial charge in [0.1, 0.15) is 11.8 Å². The number of hydrogen-bond donors (Lipinski definition) is 0. The summed E-state index contributed by atoms with van der Waals surface area (Å²) < 4.78 is 22.3. The van der Waals surface area contributed by atoms with Gasteiger partial charge in [0.15, 0.2) is 18.1 Å². The molecule has 7 rings (SSSR count). The second-order valence-electron chi connectivity index (χ2n) is 10.4. The van der Waals surface area contributed by atoms with Gasteiger partial charge >= 0.3 is 6.09 Å². The van der Waals surface area contributed by atoms with Crippen LogP contribution in [-0.2, 0) is 19.0 Å². The maximum atomic E-state index is 13.5. The van der Waals surface area contributed by atoms with Gasteiger partial charge < -0.3 is 28.7 Å². The first-order chi connectivity index (χ1) is 19.6. The van der Waals surface area contributed by atoms with Crippen LogP contribution in [0.5, 0.6) is 5.88 Å². The SMILES string of the molecule is COc1ccc2nccc(N3CC[C@H]4CN(C(=O)[C@@H]5CN(C6=COC=C(C7=CC=CCC7)O6)C(=O)O5)C[C@H]43)c2n1. The average Bonchev–Trinajstić information content (AvgIpc) is 3.71. The Morgan fingerprint density at radius 3 is 2.92 bits per heavy atom. The molecule has 5 aliphatic rings. The lowest BCUT2D eigenvalue weighted by molar-refractivity contribution is -0.137. The zero-order valence-electron chi connectivity index (χ0n) is 22.1. The number of amides is 2. The number of rotatable bonds is 5. The molecule has 3 fully saturated rings. The summed E-state index contributed by atoms with van der Waals surface area (Å²) in [5.74, 6) is 1.41. The van der Waals surface area contributed by atoms with Crippen LogP contribution in [0.15, 0.2) is 72.4 Å². The smallest absolute Gasteiger partial charge is 0.417 e. The molecule has 206 valence electrons. The number of methoxy groups -OCH3 is 1. The number of aromatic nitrogens is 2. The molecular formula is C29H29N5O6. The zero-order valence-corrected chi connectivity index (χ0v) is 22.1. The molecule has 0 N–H and O–H groups in total. The maximum Gasteiger partial charge on any atom is 0.417 e. The Labute approximate surface area is 230 Å². The number of anilines is 1. The second kappa shape index (κ2) is 9.89. The molecule has 0 saturated carbocycles. The summed E-state index contributed by atoms with van der Waals surface area (Å²) in [5.41, 5.74) is 3.54. The van der Waals surface area contributed by atoms with Crippen LogP contribution >= 0.6 is 0 Å². The highest BCUT2D eigenvalue weighted by molar-refractivity contribution is 5.89. The minimum atomic E-state index is -0.914. The minimum absolute atomic E-state index is 0.0628. The predicted octanol–water partition coefficient (Wildman–Crippen LogP) is 3.46. The summed E-state index contributed by atoms with van der Waals surface area (Å²) >= 11 is 0. The number of cyclic esters (lactones) is 1. The van der Waals surface area contributed by atoms with Gasteiger partial charge in [-0.25, -0.2) is 14.7 Å². The number of pyridine rings is 2. The number of ether oxygens (including phenoxy) is 4. The molecule has 0 aromatic carbocycles. The molecule has 11 nitrogen and oxygen atoms in total. The van der Waals surface area contributed by atoms with Crippen molar-refractivity contribution in [2.24, 2.45) is 5.92 Å². The fourth-order valence-corrected chi connectivity index (χ4v) is 6.14. The van der Waals surface area contributed by atoms with E-state index in [-0.39, 0.29) is 24.4 Å². The molecule has 0 radical (unpaired) electrons. The highest BCUT2D eigenvalue weighted by atomic mass is 16.6. The quantitative estimate of drug-likeness (QED) is 0.560. The molecule has 3 atom stereocenters. The summed E-state index contributed by atoms with van der Waals surface area (Å²) in [5, 5.41) is 0. The summed E-state index contributed by atoms with van der Waals surface area (Å²) in [4.78, 5) is 40.9. The van der Waals surface area contributed by atoms with Crippen LogP contribution in [0.4, 0.5) is 10.5 Å². The lowest BCUT2D eigenvalue weighted by atomic mass is 10.0. The molecule has 0 bridgehead atoms. The van der Waals surface area contributed by atoms with E-state index in [1.54, 1.807) is 19.4 Å². The largest absolute Gasteiger partial charge is 0.481 e. The van der Waals surface area contributed by atoms with Gasteiger partial charge in [-0.15, -0.1) is 0 Å². The van der Waals surface area contributed by atoms with E-state index in [4.69, 9.17) is 18.9 Å². The molecule has 2 aromatic rings. The topological polar surface area (TPSA) is 107 Å². The molecule has 2 aromatic heterocycles. The summed E-state index contributed by atoms with van der Waals surface area (Å²) in [6.45, 7) is 2.09. The number of fused-ring (bicyclic) bond motifs is 2. The van der Waals surface area contributed by atoms with Crippen molar-refractivity contribution in [3.63, 3.8) is 0 Å². The lowest BCUT2D eigenvalue weighted by Crippen LogP contribution is -2.42. The molecule has 11 heteroatoms. The number of allylic oxidation sites excluding steroid dienone is 4. The third-order valence-electron chi connectivity index (χ3n) is 8.16. The number of carbonyl (C=O) groups excluding carboxylic acids is 2. The Morgan fingerprint density at radius 1 is 1.15 bits per heavy atom. The van der Waals surface area contributed by atoms with Gasteiger partial charge in [0.05, 0.1) is 30.9 Å².